The average molecular weight is 252 g/mol. The summed E-state index contributed by atoms with van der Waals surface area (Å²) in [5.74, 6) is -2.22. The molecule has 1 aromatic rings. The molecular weight excluding hydrogens is 246 g/mol. The predicted octanol–water partition coefficient (Wildman–Crippen LogP) is 0.907. The standard InChI is InChI=1S/C5H6N2O6P2/c8-5(3-7-2-1-6-4-7)11-14(9)13-15(10)12-5/h1-2,4,8H,3H2/q+2. The minimum Gasteiger partial charge on any atom is -0.336 e. The molecule has 2 heterocycles. The molecule has 1 fully saturated rings. The van der Waals surface area contributed by atoms with E-state index >= 15 is 0 Å². The quantitative estimate of drug-likeness (QED) is 0.780. The summed E-state index contributed by atoms with van der Waals surface area (Å²) in [6.45, 7) is -0.210. The molecule has 8 nitrogen and oxygen atoms in total. The van der Waals surface area contributed by atoms with E-state index in [1.54, 1.807) is 0 Å². The van der Waals surface area contributed by atoms with E-state index in [0.717, 1.165) is 0 Å². The molecule has 0 aromatic carbocycles. The molecule has 10 heteroatoms. The topological polar surface area (TPSA) is 99.9 Å². The molecule has 1 aromatic heterocycles. The summed E-state index contributed by atoms with van der Waals surface area (Å²) in [5, 5.41) is 9.64. The van der Waals surface area contributed by atoms with Gasteiger partial charge < -0.3 is 9.67 Å². The van der Waals surface area contributed by atoms with Gasteiger partial charge in [-0.15, -0.1) is 0 Å². The highest BCUT2D eigenvalue weighted by molar-refractivity contribution is 7.48. The molecule has 2 unspecified atom stereocenters. The summed E-state index contributed by atoms with van der Waals surface area (Å²) in [4.78, 5) is 3.72. The number of hydrogen-bond acceptors (Lipinski definition) is 7. The van der Waals surface area contributed by atoms with Crippen LogP contribution in [-0.2, 0) is 29.0 Å². The molecule has 0 aliphatic carbocycles. The summed E-state index contributed by atoms with van der Waals surface area (Å²) >= 11 is 0. The number of nitrogens with zero attached hydrogens (tertiary/aromatic N) is 2. The number of aliphatic hydroxyl groups is 1. The molecule has 15 heavy (non-hydrogen) atoms. The molecule has 2 rings (SSSR count). The lowest BCUT2D eigenvalue weighted by Gasteiger charge is -2.15. The zero-order chi connectivity index (χ0) is 10.9. The summed E-state index contributed by atoms with van der Waals surface area (Å²) < 4.78 is 36.4. The molecule has 1 N–H and O–H groups in total. The Hall–Kier alpha value is -0.750. The van der Waals surface area contributed by atoms with E-state index in [1.807, 2.05) is 0 Å². The van der Waals surface area contributed by atoms with E-state index < -0.39 is 22.5 Å². The number of rotatable bonds is 2. The Bertz CT molecular complexity index is 376. The molecule has 80 valence electrons. The lowest BCUT2D eigenvalue weighted by molar-refractivity contribution is -0.288. The second-order valence-electron chi connectivity index (χ2n) is 2.66. The van der Waals surface area contributed by atoms with Crippen molar-refractivity contribution in [2.24, 2.45) is 0 Å². The maximum atomic E-state index is 10.9. The van der Waals surface area contributed by atoms with E-state index in [1.165, 1.54) is 23.3 Å². The molecule has 0 radical (unpaired) electrons. The molecule has 1 aliphatic rings. The van der Waals surface area contributed by atoms with E-state index in [2.05, 4.69) is 18.3 Å². The summed E-state index contributed by atoms with van der Waals surface area (Å²) in [6.07, 6.45) is 4.39. The summed E-state index contributed by atoms with van der Waals surface area (Å²) in [5.41, 5.74) is 0. The van der Waals surface area contributed by atoms with Gasteiger partial charge in [-0.3, -0.25) is 0 Å². The highest BCUT2D eigenvalue weighted by atomic mass is 31.2. The van der Waals surface area contributed by atoms with Gasteiger partial charge in [-0.25, -0.2) is 4.98 Å². The van der Waals surface area contributed by atoms with Gasteiger partial charge in [0.05, 0.1) is 6.33 Å². The fraction of sp³-hybridized carbons (Fsp3) is 0.400. The first kappa shape index (κ1) is 10.8. The SMILES string of the molecule is O=[P+]1O[P+](=O)OC(O)(Cn2ccnc2)O1. The maximum absolute atomic E-state index is 10.9. The van der Waals surface area contributed by atoms with Crippen LogP contribution in [0.15, 0.2) is 18.7 Å². The van der Waals surface area contributed by atoms with Crippen molar-refractivity contribution in [2.45, 2.75) is 12.5 Å². The Morgan fingerprint density at radius 2 is 2.07 bits per heavy atom. The summed E-state index contributed by atoms with van der Waals surface area (Å²) in [6, 6.07) is 0. The molecule has 0 spiro atoms. The maximum Gasteiger partial charge on any atom is 0.753 e. The van der Waals surface area contributed by atoms with Crippen LogP contribution in [0.2, 0.25) is 0 Å². The van der Waals surface area contributed by atoms with Gasteiger partial charge in [0.1, 0.15) is 6.54 Å². The zero-order valence-electron chi connectivity index (χ0n) is 7.22. The van der Waals surface area contributed by atoms with Crippen molar-refractivity contribution in [3.8, 4) is 0 Å². The third-order valence-corrected chi connectivity index (χ3v) is 3.44. The van der Waals surface area contributed by atoms with Crippen LogP contribution in [0.1, 0.15) is 0 Å². The predicted molar refractivity (Wildman–Crippen MR) is 45.6 cm³/mol. The lowest BCUT2D eigenvalue weighted by atomic mass is 10.5. The van der Waals surface area contributed by atoms with E-state index in [9.17, 15) is 14.2 Å². The molecular formula is C5H6N2O6P2+2. The Labute approximate surface area is 85.7 Å². The Morgan fingerprint density at radius 1 is 1.40 bits per heavy atom. The fourth-order valence-electron chi connectivity index (χ4n) is 1.01. The number of aromatic nitrogens is 2. The number of hydrogen-bond donors (Lipinski definition) is 1. The first-order chi connectivity index (χ1) is 7.07. The molecule has 1 aliphatic heterocycles. The van der Waals surface area contributed by atoms with Crippen molar-refractivity contribution >= 4 is 16.5 Å². The fourth-order valence-corrected chi connectivity index (χ4v) is 2.42. The van der Waals surface area contributed by atoms with Gasteiger partial charge in [0.25, 0.3) is 0 Å². The highest BCUT2D eigenvalue weighted by Crippen LogP contribution is 2.51. The van der Waals surface area contributed by atoms with Gasteiger partial charge in [0.15, 0.2) is 4.31 Å². The van der Waals surface area contributed by atoms with Gasteiger partial charge in [-0.05, 0) is 9.05 Å². The van der Waals surface area contributed by atoms with Crippen LogP contribution in [0.4, 0.5) is 0 Å². The van der Waals surface area contributed by atoms with Crippen molar-refractivity contribution in [3.63, 3.8) is 0 Å². The zero-order valence-corrected chi connectivity index (χ0v) is 9.01. The molecule has 0 saturated carbocycles. The van der Waals surface area contributed by atoms with E-state index in [4.69, 9.17) is 0 Å². The van der Waals surface area contributed by atoms with Crippen LogP contribution in [0.25, 0.3) is 0 Å². The molecule has 2 atom stereocenters. The van der Waals surface area contributed by atoms with Gasteiger partial charge in [-0.2, -0.15) is 0 Å². The van der Waals surface area contributed by atoms with Gasteiger partial charge in [0, 0.05) is 21.5 Å². The second kappa shape index (κ2) is 4.02. The first-order valence-corrected chi connectivity index (χ1v) is 5.95. The van der Waals surface area contributed by atoms with E-state index in [0.29, 0.717) is 0 Å². The van der Waals surface area contributed by atoms with Crippen molar-refractivity contribution < 1.29 is 27.6 Å². The van der Waals surface area contributed by atoms with Crippen LogP contribution in [-0.4, -0.2) is 20.6 Å². The highest BCUT2D eigenvalue weighted by Gasteiger charge is 2.61. The van der Waals surface area contributed by atoms with Crippen molar-refractivity contribution in [1.29, 1.82) is 0 Å². The van der Waals surface area contributed by atoms with Crippen LogP contribution in [0.3, 0.4) is 0 Å². The third-order valence-electron chi connectivity index (χ3n) is 1.51. The Kier molecular flexibility index (Phi) is 2.88. The normalized spacial score (nSPS) is 31.8. The minimum absolute atomic E-state index is 0.210. The van der Waals surface area contributed by atoms with Gasteiger partial charge in [-0.1, -0.05) is 0 Å². The van der Waals surface area contributed by atoms with Gasteiger partial charge in [0.2, 0.25) is 0 Å². The van der Waals surface area contributed by atoms with Crippen LogP contribution in [0, 0.1) is 0 Å². The minimum atomic E-state index is -2.64. The average Bonchev–Trinajstić information content (AvgIpc) is 2.52. The van der Waals surface area contributed by atoms with Crippen molar-refractivity contribution in [3.05, 3.63) is 18.7 Å². The second-order valence-corrected chi connectivity index (χ2v) is 4.57. The molecule has 0 bridgehead atoms. The van der Waals surface area contributed by atoms with Gasteiger partial charge >= 0.3 is 22.5 Å². The monoisotopic (exact) mass is 252 g/mol. The molecule has 1 saturated heterocycles. The van der Waals surface area contributed by atoms with Crippen molar-refractivity contribution in [1.82, 2.24) is 9.55 Å². The Balaban J connectivity index is 2.12. The van der Waals surface area contributed by atoms with Crippen LogP contribution in [0.5, 0.6) is 0 Å². The van der Waals surface area contributed by atoms with Crippen molar-refractivity contribution in [2.75, 3.05) is 0 Å². The first-order valence-electron chi connectivity index (χ1n) is 3.76. The third kappa shape index (κ3) is 2.63. The lowest BCUT2D eigenvalue weighted by Crippen LogP contribution is -2.37. The van der Waals surface area contributed by atoms with Crippen LogP contribution >= 0.6 is 16.5 Å². The Morgan fingerprint density at radius 3 is 2.60 bits per heavy atom. The largest absolute Gasteiger partial charge is 0.753 e. The molecule has 0 amide bonds. The summed E-state index contributed by atoms with van der Waals surface area (Å²) in [7, 11) is -5.29. The number of imidazole rings is 1. The smallest absolute Gasteiger partial charge is 0.336 e. The van der Waals surface area contributed by atoms with E-state index in [-0.39, 0.29) is 6.54 Å². The van der Waals surface area contributed by atoms with Crippen LogP contribution < -0.4 is 0 Å².